The van der Waals surface area contributed by atoms with Gasteiger partial charge in [0, 0.05) is 0 Å². The zero-order chi connectivity index (χ0) is 6.29. The molecule has 4 fully saturated rings. The second kappa shape index (κ2) is 1.19. The second-order valence-electron chi connectivity index (χ2n) is 5.04. The van der Waals surface area contributed by atoms with E-state index < -0.39 is 0 Å². The first kappa shape index (κ1) is 4.79. The van der Waals surface area contributed by atoms with Gasteiger partial charge in [0.15, 0.2) is 0 Å². The van der Waals surface area contributed by atoms with Gasteiger partial charge in [0.1, 0.15) is 0 Å². The molecule has 54 valence electrons. The Balaban J connectivity index is 1.91. The smallest absolute Gasteiger partial charge is 0.0323 e. The van der Waals surface area contributed by atoms with E-state index in [1.54, 1.807) is 25.7 Å². The van der Waals surface area contributed by atoms with E-state index in [1.165, 1.54) is 35.5 Å². The molecule has 0 heteroatoms. The highest BCUT2D eigenvalue weighted by atomic mass is 14.7. The van der Waals surface area contributed by atoms with Crippen molar-refractivity contribution >= 4 is 0 Å². The average Bonchev–Trinajstić information content (AvgIpc) is 2.47. The van der Waals surface area contributed by atoms with Crippen LogP contribution in [0.2, 0.25) is 0 Å². The van der Waals surface area contributed by atoms with Crippen LogP contribution in [0.1, 0.15) is 25.7 Å². The Bertz CT molecular complexity index is 181. The highest BCUT2D eigenvalue weighted by Gasteiger charge is 2.67. The average molecular weight is 134 g/mol. The molecule has 0 aromatic carbocycles. The van der Waals surface area contributed by atoms with Gasteiger partial charge >= 0.3 is 0 Å². The Morgan fingerprint density at radius 3 is 2.10 bits per heavy atom. The van der Waals surface area contributed by atoms with Gasteiger partial charge in [-0.2, -0.15) is 0 Å². The van der Waals surface area contributed by atoms with Crippen molar-refractivity contribution in [2.24, 2.45) is 35.5 Å². The molecule has 0 spiro atoms. The van der Waals surface area contributed by atoms with Crippen LogP contribution in [0.5, 0.6) is 0 Å². The minimum Gasteiger partial charge on any atom is -0.0496 e. The number of hydrogen-bond donors (Lipinski definition) is 0. The van der Waals surface area contributed by atoms with Crippen LogP contribution in [0.25, 0.3) is 0 Å². The van der Waals surface area contributed by atoms with E-state index in [1.807, 2.05) is 0 Å². The van der Waals surface area contributed by atoms with Crippen molar-refractivity contribution in [3.05, 3.63) is 0 Å². The predicted molar refractivity (Wildman–Crippen MR) is 39.4 cm³/mol. The van der Waals surface area contributed by atoms with Crippen molar-refractivity contribution < 1.29 is 0 Å². The lowest BCUT2D eigenvalue weighted by atomic mass is 9.57. The molecule has 6 atom stereocenters. The summed E-state index contributed by atoms with van der Waals surface area (Å²) in [5.41, 5.74) is 0. The van der Waals surface area contributed by atoms with Gasteiger partial charge in [0.05, 0.1) is 0 Å². The predicted octanol–water partition coefficient (Wildman–Crippen LogP) is 2.30. The van der Waals surface area contributed by atoms with Crippen molar-refractivity contribution in [2.45, 2.75) is 25.7 Å². The molecule has 0 amide bonds. The highest BCUT2D eigenvalue weighted by Crippen LogP contribution is 2.74. The zero-order valence-corrected chi connectivity index (χ0v) is 6.29. The minimum absolute atomic E-state index is 1.23. The molecule has 0 radical (unpaired) electrons. The van der Waals surface area contributed by atoms with Gasteiger partial charge in [-0.3, -0.25) is 0 Å². The van der Waals surface area contributed by atoms with E-state index in [2.05, 4.69) is 0 Å². The van der Waals surface area contributed by atoms with E-state index in [-0.39, 0.29) is 0 Å². The van der Waals surface area contributed by atoms with E-state index in [4.69, 9.17) is 0 Å². The van der Waals surface area contributed by atoms with Gasteiger partial charge in [0.2, 0.25) is 0 Å². The lowest BCUT2D eigenvalue weighted by Crippen LogP contribution is -2.41. The second-order valence-corrected chi connectivity index (χ2v) is 5.04. The van der Waals surface area contributed by atoms with Crippen molar-refractivity contribution in [1.29, 1.82) is 0 Å². The van der Waals surface area contributed by atoms with E-state index in [9.17, 15) is 0 Å². The van der Waals surface area contributed by atoms with Crippen LogP contribution in [0.15, 0.2) is 0 Å². The van der Waals surface area contributed by atoms with Crippen LogP contribution >= 0.6 is 0 Å². The summed E-state index contributed by atoms with van der Waals surface area (Å²) in [5.74, 6) is 7.48. The Kier molecular flexibility index (Phi) is 0.570. The van der Waals surface area contributed by atoms with Gasteiger partial charge in [-0.1, -0.05) is 0 Å². The summed E-state index contributed by atoms with van der Waals surface area (Å²) in [7, 11) is 0. The summed E-state index contributed by atoms with van der Waals surface area (Å²) in [6, 6.07) is 0. The van der Waals surface area contributed by atoms with Gasteiger partial charge < -0.3 is 0 Å². The summed E-state index contributed by atoms with van der Waals surface area (Å²) >= 11 is 0. The SMILES string of the molecule is C1CC2C3CC4CC(C13)C42. The molecule has 0 heterocycles. The Hall–Kier alpha value is 0. The first-order chi connectivity index (χ1) is 4.95. The Morgan fingerprint density at radius 2 is 1.50 bits per heavy atom. The third-order valence-electron chi connectivity index (χ3n) is 5.17. The molecule has 0 saturated heterocycles. The largest absolute Gasteiger partial charge is 0.0496 e. The van der Waals surface area contributed by atoms with Gasteiger partial charge in [-0.15, -0.1) is 0 Å². The van der Waals surface area contributed by atoms with E-state index in [0.717, 1.165) is 0 Å². The van der Waals surface area contributed by atoms with Crippen LogP contribution < -0.4 is 0 Å². The minimum atomic E-state index is 1.23. The fourth-order valence-corrected chi connectivity index (χ4v) is 5.04. The van der Waals surface area contributed by atoms with Gasteiger partial charge in [-0.25, -0.2) is 0 Å². The van der Waals surface area contributed by atoms with E-state index >= 15 is 0 Å². The molecule has 0 aromatic heterocycles. The number of fused-ring (bicyclic) bond motifs is 1. The highest BCUT2D eigenvalue weighted by molar-refractivity contribution is 5.15. The van der Waals surface area contributed by atoms with E-state index in [0.29, 0.717) is 0 Å². The fraction of sp³-hybridized carbons (Fsp3) is 1.00. The monoisotopic (exact) mass is 134 g/mol. The maximum Gasteiger partial charge on any atom is -0.0323 e. The number of rotatable bonds is 0. The Labute approximate surface area is 62.0 Å². The van der Waals surface area contributed by atoms with Crippen LogP contribution in [0, 0.1) is 35.5 Å². The summed E-state index contributed by atoms with van der Waals surface area (Å²) in [6.07, 6.45) is 6.52. The third kappa shape index (κ3) is 0.286. The van der Waals surface area contributed by atoms with Crippen molar-refractivity contribution in [3.63, 3.8) is 0 Å². The molecule has 0 aromatic rings. The van der Waals surface area contributed by atoms with Crippen LogP contribution in [-0.2, 0) is 0 Å². The number of hydrogen-bond acceptors (Lipinski definition) is 0. The van der Waals surface area contributed by atoms with Crippen molar-refractivity contribution in [1.82, 2.24) is 0 Å². The quantitative estimate of drug-likeness (QED) is 0.477. The van der Waals surface area contributed by atoms with Gasteiger partial charge in [0.25, 0.3) is 0 Å². The Morgan fingerprint density at radius 1 is 0.700 bits per heavy atom. The standard InChI is InChI=1S/C10H14/c1-2-7-8-3-5-4-9(6(1)8)10(5)7/h5-10H,1-4H2. The topological polar surface area (TPSA) is 0 Å². The zero-order valence-electron chi connectivity index (χ0n) is 6.29. The molecule has 10 heavy (non-hydrogen) atoms. The maximum absolute atomic E-state index is 1.65. The first-order valence-corrected chi connectivity index (χ1v) is 4.95. The molecule has 0 aliphatic heterocycles. The molecule has 0 N–H and O–H groups in total. The molecular formula is C10H14. The lowest BCUT2D eigenvalue weighted by Gasteiger charge is -2.48. The first-order valence-electron chi connectivity index (χ1n) is 4.95. The molecule has 6 unspecified atom stereocenters. The lowest BCUT2D eigenvalue weighted by molar-refractivity contribution is 0.00447. The van der Waals surface area contributed by atoms with Crippen LogP contribution in [0.3, 0.4) is 0 Å². The summed E-state index contributed by atoms with van der Waals surface area (Å²) in [5, 5.41) is 0. The van der Waals surface area contributed by atoms with Crippen LogP contribution in [-0.4, -0.2) is 0 Å². The third-order valence-corrected chi connectivity index (χ3v) is 5.17. The normalized spacial score (nSPS) is 74.4. The fourth-order valence-electron chi connectivity index (χ4n) is 5.04. The molecule has 4 aliphatic carbocycles. The van der Waals surface area contributed by atoms with Crippen molar-refractivity contribution in [3.8, 4) is 0 Å². The summed E-state index contributed by atoms with van der Waals surface area (Å²) in [6.45, 7) is 0. The molecule has 4 aliphatic rings. The van der Waals surface area contributed by atoms with Crippen LogP contribution in [0.4, 0.5) is 0 Å². The summed E-state index contributed by atoms with van der Waals surface area (Å²) in [4.78, 5) is 0. The maximum atomic E-state index is 1.65. The molecule has 0 nitrogen and oxygen atoms in total. The molecule has 4 rings (SSSR count). The molecule has 4 bridgehead atoms. The van der Waals surface area contributed by atoms with Gasteiger partial charge in [-0.05, 0) is 61.2 Å². The molecule has 4 saturated carbocycles. The molecular weight excluding hydrogens is 120 g/mol. The van der Waals surface area contributed by atoms with Crippen molar-refractivity contribution in [2.75, 3.05) is 0 Å². The summed E-state index contributed by atoms with van der Waals surface area (Å²) < 4.78 is 0.